The lowest BCUT2D eigenvalue weighted by molar-refractivity contribution is -0.160. The number of aromatic hydroxyl groups is 1. The lowest BCUT2D eigenvalue weighted by atomic mass is 9.78. The Bertz CT molecular complexity index is 3080. The number of H-pyrrole nitrogens is 1. The fraction of sp³-hybridized carbons (Fsp3) is 0.528. The zero-order valence-corrected chi connectivity index (χ0v) is 45.9. The smallest absolute Gasteiger partial charge is 0.330 e. The number of nitrogens with zero attached hydrogens (tertiary/aromatic N) is 4. The Hall–Kier alpha value is -7.35. The average molecular weight is 1120 g/mol. The van der Waals surface area contributed by atoms with Crippen molar-refractivity contribution in [3.8, 4) is 11.5 Å². The van der Waals surface area contributed by atoms with Crippen molar-refractivity contribution in [3.05, 3.63) is 112 Å². The average Bonchev–Trinajstić information content (AvgIpc) is 3.90. The van der Waals surface area contributed by atoms with Crippen LogP contribution in [0.25, 0.3) is 10.4 Å². The van der Waals surface area contributed by atoms with Gasteiger partial charge in [0.2, 0.25) is 11.6 Å². The van der Waals surface area contributed by atoms with Crippen LogP contribution in [0.3, 0.4) is 0 Å². The minimum absolute atomic E-state index is 0.0162. The number of carbonyl (C=O) groups excluding carboxylic acids is 7. The molecule has 26 heteroatoms. The Morgan fingerprint density at radius 2 is 1.62 bits per heavy atom. The number of nitrogens with one attached hydrogen (secondary N) is 2. The first-order chi connectivity index (χ1) is 37.3. The Morgan fingerprint density at radius 1 is 0.937 bits per heavy atom. The lowest BCUT2D eigenvalue weighted by Gasteiger charge is -2.38. The molecule has 79 heavy (non-hydrogen) atoms. The monoisotopic (exact) mass is 1120 g/mol. The number of azide groups is 1. The SMILES string of the molecule is CO[C@H]1/C=C/O[C@@]2(C)Oc3c(C)c(O)c4c(c3C2=O)C(=O)C(SCCOC(=O)CCC(=O)OC[C@H]2O[C@@H](n3cc(C)c(=O)[nH]c3=O)C[C@@H]2N=[N+]=[N-])=C(NC(=O)/C(C)=C\C=C\[C@@H](C)[C@H](O)[C@@H](C)[C@H](O)[C@@H](C)[C@H](OC(C)=O)[C@@H]1C)C4=O. The number of ketones is 3. The van der Waals surface area contributed by atoms with E-state index >= 15 is 0 Å². The second-order valence-corrected chi connectivity index (χ2v) is 21.0. The summed E-state index contributed by atoms with van der Waals surface area (Å²) in [5, 5.41) is 40.8. The first kappa shape index (κ1) is 60.9. The molecule has 0 radical (unpaired) electrons. The van der Waals surface area contributed by atoms with Crippen molar-refractivity contribution < 1.29 is 82.0 Å². The zero-order valence-electron chi connectivity index (χ0n) is 45.1. The number of hydrogen-bond donors (Lipinski definition) is 5. The van der Waals surface area contributed by atoms with Crippen molar-refractivity contribution in [1.82, 2.24) is 14.9 Å². The summed E-state index contributed by atoms with van der Waals surface area (Å²) in [6, 6.07) is -0.861. The lowest BCUT2D eigenvalue weighted by Crippen LogP contribution is -2.46. The predicted molar refractivity (Wildman–Crippen MR) is 279 cm³/mol. The predicted octanol–water partition coefficient (Wildman–Crippen LogP) is 4.38. The van der Waals surface area contributed by atoms with E-state index in [0.717, 1.165) is 10.8 Å². The number of Topliss-reactive ketones (excluding diaryl/α,β-unsaturated/α-hetero) is 3. The van der Waals surface area contributed by atoms with E-state index < -0.39 is 184 Å². The molecule has 1 saturated heterocycles. The van der Waals surface area contributed by atoms with Gasteiger partial charge in [0, 0.05) is 84.6 Å². The number of aromatic nitrogens is 2. The largest absolute Gasteiger partial charge is 0.507 e. The molecule has 5 bridgehead atoms. The first-order valence-electron chi connectivity index (χ1n) is 25.3. The normalized spacial score (nSPS) is 29.8. The molecule has 12 atom stereocenters. The van der Waals surface area contributed by atoms with Crippen LogP contribution < -0.4 is 21.3 Å². The van der Waals surface area contributed by atoms with Crippen LogP contribution in [0.1, 0.15) is 116 Å². The number of fused-ring (bicyclic) bond motifs is 14. The first-order valence-corrected chi connectivity index (χ1v) is 26.2. The number of aryl methyl sites for hydroxylation is 1. The molecule has 25 nitrogen and oxygen atoms in total. The van der Waals surface area contributed by atoms with Crippen LogP contribution in [-0.2, 0) is 47.6 Å². The maximum Gasteiger partial charge on any atom is 0.330 e. The van der Waals surface area contributed by atoms with Gasteiger partial charge < -0.3 is 53.8 Å². The van der Waals surface area contributed by atoms with Crippen LogP contribution in [0.5, 0.6) is 11.5 Å². The molecule has 1 aromatic carbocycles. The number of aliphatic hydroxyl groups excluding tert-OH is 2. The van der Waals surface area contributed by atoms with Gasteiger partial charge in [0.05, 0.1) is 65.1 Å². The molecule has 0 saturated carbocycles. The number of thioether (sulfide) groups is 1. The van der Waals surface area contributed by atoms with Crippen LogP contribution in [0.2, 0.25) is 0 Å². The number of aromatic amines is 1. The van der Waals surface area contributed by atoms with Crippen molar-refractivity contribution in [2.24, 2.45) is 28.8 Å². The molecule has 2 aromatic rings. The van der Waals surface area contributed by atoms with Crippen molar-refractivity contribution >= 4 is 52.9 Å². The van der Waals surface area contributed by atoms with E-state index in [9.17, 15) is 58.5 Å². The van der Waals surface area contributed by atoms with E-state index in [1.807, 2.05) is 0 Å². The Kier molecular flexibility index (Phi) is 19.7. The van der Waals surface area contributed by atoms with E-state index in [1.165, 1.54) is 66.2 Å². The number of esters is 3. The van der Waals surface area contributed by atoms with Crippen molar-refractivity contribution in [1.29, 1.82) is 0 Å². The van der Waals surface area contributed by atoms with Gasteiger partial charge in [-0.05, 0) is 32.4 Å². The summed E-state index contributed by atoms with van der Waals surface area (Å²) in [5.74, 6) is -12.4. The second-order valence-electron chi connectivity index (χ2n) is 19.9. The van der Waals surface area contributed by atoms with E-state index in [1.54, 1.807) is 33.8 Å². The number of carbonyl (C=O) groups is 7. The zero-order chi connectivity index (χ0) is 58.4. The maximum atomic E-state index is 14.8. The molecule has 5 aliphatic rings. The van der Waals surface area contributed by atoms with Crippen molar-refractivity contribution in [2.75, 3.05) is 26.1 Å². The van der Waals surface area contributed by atoms with Gasteiger partial charge >= 0.3 is 29.4 Å². The summed E-state index contributed by atoms with van der Waals surface area (Å²) in [5.41, 5.74) is 5.78. The van der Waals surface area contributed by atoms with Crippen LogP contribution in [0.15, 0.2) is 67.6 Å². The quantitative estimate of drug-likeness (QED) is 0.0464. The summed E-state index contributed by atoms with van der Waals surface area (Å²) in [7, 11) is 1.38. The summed E-state index contributed by atoms with van der Waals surface area (Å²) >= 11 is 0.682. The molecule has 0 unspecified atom stereocenters. The molecule has 1 aromatic heterocycles. The Balaban J connectivity index is 1.23. The molecule has 7 rings (SSSR count). The van der Waals surface area contributed by atoms with Gasteiger partial charge in [-0.25, -0.2) is 4.79 Å². The van der Waals surface area contributed by atoms with Gasteiger partial charge in [0.15, 0.2) is 0 Å². The Labute approximate surface area is 456 Å². The van der Waals surface area contributed by atoms with Crippen LogP contribution in [0.4, 0.5) is 0 Å². The number of aliphatic hydroxyl groups is 2. The number of hydrogen-bond acceptors (Lipinski definition) is 21. The van der Waals surface area contributed by atoms with Crippen LogP contribution >= 0.6 is 11.8 Å². The molecule has 4 aliphatic heterocycles. The van der Waals surface area contributed by atoms with E-state index in [2.05, 4.69) is 20.3 Å². The molecule has 1 amide bonds. The number of allylic oxidation sites excluding steroid dienone is 4. The number of benzene rings is 1. The number of rotatable bonds is 13. The van der Waals surface area contributed by atoms with Gasteiger partial charge in [-0.15, -0.1) is 11.8 Å². The standard InChI is InChI=1S/C53H64N6O19S/c1-23-12-11-13-24(2)50(69)55-40-44(66)38-37(39-47(29(7)43(38)65)78-53(9,49(39)68)75-17-16-32(72-10)26(4)46(76-30(8)60)28(6)42(64)27(5)41(23)63)45(67)48(40)79-19-18-73-35(61)14-15-36(62)74-22-33-31(57-58-54)20-34(77-33)59-21-25(3)51(70)56-52(59)71/h11-13,16-17,21,23,26-28,31-34,41-42,46,63-65H,14-15,18-20,22H2,1-10H3,(H,55,69)(H,56,70,71)/b12-11+,17-16+,24-13-/t23-,26-,27-,28-,31+,32+,33-,34-,41+,42+,46-,53+/m1/s1. The van der Waals surface area contributed by atoms with Gasteiger partial charge in [-0.2, -0.15) is 0 Å². The van der Waals surface area contributed by atoms with E-state index in [4.69, 9.17) is 38.7 Å². The maximum absolute atomic E-state index is 14.8. The third-order valence-corrected chi connectivity index (χ3v) is 15.4. The minimum Gasteiger partial charge on any atom is -0.507 e. The highest BCUT2D eigenvalue weighted by atomic mass is 32.2. The summed E-state index contributed by atoms with van der Waals surface area (Å²) in [4.78, 5) is 125. The summed E-state index contributed by atoms with van der Waals surface area (Å²) < 4.78 is 41.1. The molecular weight excluding hydrogens is 1060 g/mol. The van der Waals surface area contributed by atoms with Crippen molar-refractivity contribution in [3.63, 3.8) is 0 Å². The number of phenols is 1. The molecule has 5 N–H and O–H groups in total. The summed E-state index contributed by atoms with van der Waals surface area (Å²) in [6.45, 7) is 12.6. The highest BCUT2D eigenvalue weighted by Gasteiger charge is 2.53. The van der Waals surface area contributed by atoms with E-state index in [-0.39, 0.29) is 34.6 Å². The van der Waals surface area contributed by atoms with Gasteiger partial charge in [0.1, 0.15) is 48.8 Å². The number of amides is 1. The van der Waals surface area contributed by atoms with Crippen molar-refractivity contribution in [2.45, 2.75) is 130 Å². The Morgan fingerprint density at radius 3 is 2.28 bits per heavy atom. The molecule has 1 fully saturated rings. The minimum atomic E-state index is -2.21. The number of methoxy groups -OCH3 is 1. The van der Waals surface area contributed by atoms with Gasteiger partial charge in [-0.1, -0.05) is 51.0 Å². The van der Waals surface area contributed by atoms with Crippen LogP contribution in [0, 0.1) is 37.5 Å². The van der Waals surface area contributed by atoms with E-state index in [0.29, 0.717) is 11.8 Å². The third kappa shape index (κ3) is 13.2. The fourth-order valence-corrected chi connectivity index (χ4v) is 10.5. The van der Waals surface area contributed by atoms with Crippen LogP contribution in [-0.4, -0.2) is 134 Å². The van der Waals surface area contributed by atoms with Gasteiger partial charge in [0.25, 0.3) is 17.2 Å². The highest BCUT2D eigenvalue weighted by Crippen LogP contribution is 2.49. The summed E-state index contributed by atoms with van der Waals surface area (Å²) in [6.07, 6.45) is 1.19. The molecule has 1 aliphatic carbocycles. The molecule has 5 heterocycles. The topological polar surface area (TPSA) is 360 Å². The second kappa shape index (κ2) is 25.6. The number of ether oxygens (including phenoxy) is 7. The molecule has 426 valence electrons. The number of phenolic OH excluding ortho intramolecular Hbond substituents is 1. The van der Waals surface area contributed by atoms with Gasteiger partial charge in [-0.3, -0.25) is 47.9 Å². The molecular formula is C53H64N6O19S. The highest BCUT2D eigenvalue weighted by molar-refractivity contribution is 8.04. The fourth-order valence-electron chi connectivity index (χ4n) is 9.65. The third-order valence-electron chi connectivity index (χ3n) is 14.3. The molecule has 0 spiro atoms.